The van der Waals surface area contributed by atoms with E-state index in [0.29, 0.717) is 42.0 Å². The number of ether oxygens (including phenoxy) is 2. The number of benzene rings is 2. The largest absolute Gasteiger partial charge is 0.463 e. The van der Waals surface area contributed by atoms with Crippen LogP contribution in [-0.4, -0.2) is 23.1 Å². The van der Waals surface area contributed by atoms with E-state index in [1.165, 1.54) is 22.8 Å². The maximum Gasteiger partial charge on any atom is 0.338 e. The number of hydrogen-bond acceptors (Lipinski definition) is 7. The number of aromatic nitrogens is 1. The van der Waals surface area contributed by atoms with Gasteiger partial charge in [0.25, 0.3) is 5.56 Å². The molecule has 0 radical (unpaired) electrons. The minimum absolute atomic E-state index is 0.176. The van der Waals surface area contributed by atoms with Crippen molar-refractivity contribution in [2.45, 2.75) is 26.8 Å². The van der Waals surface area contributed by atoms with Crippen molar-refractivity contribution in [3.8, 4) is 5.75 Å². The SMILES string of the molecule is CCOC(=O)C1=C(C)N=c2s/c(=C/c3ccc(Cl)c(Cl)c3)c(=O)n2[C@@H]1c1ccc(OC(C)=O)cc1. The zero-order chi connectivity index (χ0) is 25.3. The van der Waals surface area contributed by atoms with E-state index in [-0.39, 0.29) is 17.7 Å². The first kappa shape index (κ1) is 24.9. The smallest absolute Gasteiger partial charge is 0.338 e. The summed E-state index contributed by atoms with van der Waals surface area (Å²) in [5.41, 5.74) is 1.75. The number of fused-ring (bicyclic) bond motifs is 1. The third kappa shape index (κ3) is 5.10. The molecule has 0 fully saturated rings. The van der Waals surface area contributed by atoms with Gasteiger partial charge in [-0.2, -0.15) is 0 Å². The van der Waals surface area contributed by atoms with E-state index in [4.69, 9.17) is 32.7 Å². The summed E-state index contributed by atoms with van der Waals surface area (Å²) in [5, 5.41) is 0.788. The molecule has 1 aromatic heterocycles. The van der Waals surface area contributed by atoms with Crippen LogP contribution in [0.1, 0.15) is 37.9 Å². The van der Waals surface area contributed by atoms with Crippen molar-refractivity contribution in [3.63, 3.8) is 0 Å². The number of allylic oxidation sites excluding steroid dienone is 1. The third-order valence-corrected chi connectivity index (χ3v) is 6.94. The van der Waals surface area contributed by atoms with Crippen molar-refractivity contribution in [3.05, 3.63) is 94.6 Å². The molecule has 0 bridgehead atoms. The third-order valence-electron chi connectivity index (χ3n) is 5.22. The molecule has 0 saturated carbocycles. The van der Waals surface area contributed by atoms with Gasteiger partial charge in [0.15, 0.2) is 4.80 Å². The zero-order valence-corrected chi connectivity index (χ0v) is 21.3. The van der Waals surface area contributed by atoms with Gasteiger partial charge in [0, 0.05) is 6.92 Å². The second-order valence-corrected chi connectivity index (χ2v) is 9.46. The summed E-state index contributed by atoms with van der Waals surface area (Å²) in [5.74, 6) is -0.649. The van der Waals surface area contributed by atoms with Crippen molar-refractivity contribution in [2.75, 3.05) is 6.61 Å². The molecule has 1 aliphatic heterocycles. The molecule has 0 unspecified atom stereocenters. The van der Waals surface area contributed by atoms with Gasteiger partial charge in [0.2, 0.25) is 0 Å². The molecular weight excluding hydrogens is 511 g/mol. The van der Waals surface area contributed by atoms with Crippen LogP contribution in [0.5, 0.6) is 5.75 Å². The molecule has 35 heavy (non-hydrogen) atoms. The van der Waals surface area contributed by atoms with Gasteiger partial charge in [-0.3, -0.25) is 14.2 Å². The Balaban J connectivity index is 1.90. The molecular formula is C25H20Cl2N2O5S. The molecule has 0 saturated heterocycles. The number of thiazole rings is 1. The Morgan fingerprint density at radius 3 is 2.49 bits per heavy atom. The molecule has 0 aliphatic carbocycles. The molecule has 2 heterocycles. The number of nitrogens with zero attached hydrogens (tertiary/aromatic N) is 2. The minimum atomic E-state index is -0.771. The van der Waals surface area contributed by atoms with Crippen LogP contribution in [0.4, 0.5) is 0 Å². The number of rotatable bonds is 5. The van der Waals surface area contributed by atoms with Crippen LogP contribution >= 0.6 is 34.5 Å². The Morgan fingerprint density at radius 2 is 1.86 bits per heavy atom. The molecule has 7 nitrogen and oxygen atoms in total. The number of halogens is 2. The molecule has 2 aromatic carbocycles. The van der Waals surface area contributed by atoms with Crippen molar-refractivity contribution < 1.29 is 19.1 Å². The van der Waals surface area contributed by atoms with Gasteiger partial charge in [0.05, 0.1) is 38.5 Å². The highest BCUT2D eigenvalue weighted by atomic mass is 35.5. The molecule has 180 valence electrons. The summed E-state index contributed by atoms with van der Waals surface area (Å²) >= 11 is 13.3. The van der Waals surface area contributed by atoms with E-state index in [2.05, 4.69) is 4.99 Å². The van der Waals surface area contributed by atoms with Crippen LogP contribution in [0.15, 0.2) is 63.5 Å². The minimum Gasteiger partial charge on any atom is -0.463 e. The number of carbonyl (C=O) groups is 2. The van der Waals surface area contributed by atoms with Gasteiger partial charge in [-0.25, -0.2) is 9.79 Å². The highest BCUT2D eigenvalue weighted by Gasteiger charge is 2.33. The Hall–Kier alpha value is -3.20. The summed E-state index contributed by atoms with van der Waals surface area (Å²) in [6.45, 7) is 4.91. The van der Waals surface area contributed by atoms with E-state index >= 15 is 0 Å². The second-order valence-electron chi connectivity index (χ2n) is 7.64. The number of carbonyl (C=O) groups excluding carboxylic acids is 2. The molecule has 1 atom stereocenters. The van der Waals surface area contributed by atoms with E-state index in [0.717, 1.165) is 0 Å². The molecule has 0 amide bonds. The molecule has 0 spiro atoms. The first-order chi connectivity index (χ1) is 16.7. The normalized spacial score (nSPS) is 15.5. The van der Waals surface area contributed by atoms with Gasteiger partial charge in [-0.1, -0.05) is 52.7 Å². The van der Waals surface area contributed by atoms with E-state index in [1.807, 2.05) is 0 Å². The summed E-state index contributed by atoms with van der Waals surface area (Å²) in [7, 11) is 0. The van der Waals surface area contributed by atoms with Crippen LogP contribution in [0.25, 0.3) is 6.08 Å². The zero-order valence-electron chi connectivity index (χ0n) is 19.0. The van der Waals surface area contributed by atoms with Gasteiger partial charge in [-0.05, 0) is 55.3 Å². The highest BCUT2D eigenvalue weighted by Crippen LogP contribution is 2.31. The maximum absolute atomic E-state index is 13.6. The topological polar surface area (TPSA) is 87.0 Å². The van der Waals surface area contributed by atoms with Crippen LogP contribution < -0.4 is 19.6 Å². The van der Waals surface area contributed by atoms with E-state index in [1.54, 1.807) is 62.4 Å². The van der Waals surface area contributed by atoms with Crippen molar-refractivity contribution in [1.82, 2.24) is 4.57 Å². The molecule has 0 N–H and O–H groups in total. The molecule has 1 aliphatic rings. The molecule has 3 aromatic rings. The van der Waals surface area contributed by atoms with E-state index < -0.39 is 18.0 Å². The van der Waals surface area contributed by atoms with Gasteiger partial charge in [-0.15, -0.1) is 0 Å². The van der Waals surface area contributed by atoms with Crippen molar-refractivity contribution in [2.24, 2.45) is 4.99 Å². The lowest BCUT2D eigenvalue weighted by molar-refractivity contribution is -0.139. The predicted octanol–water partition coefficient (Wildman–Crippen LogP) is 4.03. The maximum atomic E-state index is 13.6. The first-order valence-corrected chi connectivity index (χ1v) is 12.2. The summed E-state index contributed by atoms with van der Waals surface area (Å²) in [6, 6.07) is 10.9. The quantitative estimate of drug-likeness (QED) is 0.367. The van der Waals surface area contributed by atoms with Crippen molar-refractivity contribution >= 4 is 52.6 Å². The summed E-state index contributed by atoms with van der Waals surface area (Å²) in [4.78, 5) is 42.8. The molecule has 10 heteroatoms. The summed E-state index contributed by atoms with van der Waals surface area (Å²) < 4.78 is 12.3. The fourth-order valence-electron chi connectivity index (χ4n) is 3.74. The Morgan fingerprint density at radius 1 is 1.14 bits per heavy atom. The Kier molecular flexibility index (Phi) is 7.25. The fraction of sp³-hybridized carbons (Fsp3) is 0.200. The van der Waals surface area contributed by atoms with Gasteiger partial charge in [0.1, 0.15) is 5.75 Å². The lowest BCUT2D eigenvalue weighted by Crippen LogP contribution is -2.39. The average Bonchev–Trinajstić information content (AvgIpc) is 3.10. The van der Waals surface area contributed by atoms with Gasteiger partial charge < -0.3 is 9.47 Å². The monoisotopic (exact) mass is 530 g/mol. The van der Waals surface area contributed by atoms with Crippen LogP contribution in [0.2, 0.25) is 10.0 Å². The first-order valence-electron chi connectivity index (χ1n) is 10.6. The van der Waals surface area contributed by atoms with Gasteiger partial charge >= 0.3 is 11.9 Å². The average molecular weight is 531 g/mol. The fourth-order valence-corrected chi connectivity index (χ4v) is 5.10. The lowest BCUT2D eigenvalue weighted by Gasteiger charge is -2.24. The second kappa shape index (κ2) is 10.2. The van der Waals surface area contributed by atoms with Crippen LogP contribution in [-0.2, 0) is 14.3 Å². The van der Waals surface area contributed by atoms with Crippen molar-refractivity contribution in [1.29, 1.82) is 0 Å². The lowest BCUT2D eigenvalue weighted by atomic mass is 9.96. The van der Waals surface area contributed by atoms with Crippen LogP contribution in [0, 0.1) is 0 Å². The standard InChI is InChI=1S/C25H20Cl2N2O5S/c1-4-33-24(32)21-13(2)28-25-29(22(21)16-6-8-17(9-7-16)34-14(3)30)23(31)20(35-25)12-15-5-10-18(26)19(27)11-15/h5-12,22H,4H2,1-3H3/b20-12+/t22-/m1/s1. The van der Waals surface area contributed by atoms with Crippen LogP contribution in [0.3, 0.4) is 0 Å². The highest BCUT2D eigenvalue weighted by molar-refractivity contribution is 7.07. The predicted molar refractivity (Wildman–Crippen MR) is 135 cm³/mol. The Bertz CT molecular complexity index is 1540. The summed E-state index contributed by atoms with van der Waals surface area (Å²) in [6.07, 6.45) is 1.70. The Labute approximate surface area is 214 Å². The number of esters is 2. The molecule has 4 rings (SSSR count). The number of hydrogen-bond donors (Lipinski definition) is 0. The van der Waals surface area contributed by atoms with E-state index in [9.17, 15) is 14.4 Å².